The van der Waals surface area contributed by atoms with Crippen molar-refractivity contribution in [3.05, 3.63) is 59.7 Å². The van der Waals surface area contributed by atoms with Gasteiger partial charge in [-0.1, -0.05) is 36.4 Å². The number of carbonyl (C=O) groups excluding carboxylic acids is 1. The second-order valence-electron chi connectivity index (χ2n) is 9.31. The minimum absolute atomic E-state index is 0.0108. The molecule has 2 aromatic rings. The van der Waals surface area contributed by atoms with Gasteiger partial charge in [0, 0.05) is 50.7 Å². The molecular formula is C25H33N3O4S. The van der Waals surface area contributed by atoms with Crippen molar-refractivity contribution in [2.45, 2.75) is 30.8 Å². The highest BCUT2D eigenvalue weighted by Crippen LogP contribution is 2.42. The van der Waals surface area contributed by atoms with Crippen molar-refractivity contribution in [1.29, 1.82) is 0 Å². The van der Waals surface area contributed by atoms with Crippen LogP contribution in [0, 0.1) is 0 Å². The summed E-state index contributed by atoms with van der Waals surface area (Å²) in [6, 6.07) is 16.0. The smallest absolute Gasteiger partial charge is 0.253 e. The summed E-state index contributed by atoms with van der Waals surface area (Å²) in [5, 5.41) is 10.1. The average Bonchev–Trinajstić information content (AvgIpc) is 2.77. The van der Waals surface area contributed by atoms with E-state index in [4.69, 9.17) is 0 Å². The molecule has 2 aliphatic rings. The normalized spacial score (nSPS) is 24.3. The first kappa shape index (κ1) is 23.9. The lowest BCUT2D eigenvalue weighted by atomic mass is 9.74. The van der Waals surface area contributed by atoms with Crippen LogP contribution in [0.3, 0.4) is 0 Å². The maximum Gasteiger partial charge on any atom is 0.253 e. The van der Waals surface area contributed by atoms with Gasteiger partial charge in [0.05, 0.1) is 12.9 Å². The third-order valence-electron chi connectivity index (χ3n) is 6.97. The molecule has 0 unspecified atom stereocenters. The fourth-order valence-electron chi connectivity index (χ4n) is 5.17. The van der Waals surface area contributed by atoms with Gasteiger partial charge in [0.1, 0.15) is 0 Å². The Balaban J connectivity index is 1.55. The zero-order valence-electron chi connectivity index (χ0n) is 19.5. The van der Waals surface area contributed by atoms with Gasteiger partial charge in [-0.05, 0) is 48.2 Å². The molecule has 0 aliphatic carbocycles. The van der Waals surface area contributed by atoms with E-state index >= 15 is 0 Å². The molecule has 2 saturated heterocycles. The summed E-state index contributed by atoms with van der Waals surface area (Å²) >= 11 is 0. The molecule has 178 valence electrons. The fraction of sp³-hybridized carbons (Fsp3) is 0.480. The second kappa shape index (κ2) is 9.54. The summed E-state index contributed by atoms with van der Waals surface area (Å²) in [7, 11) is 0.216. The van der Waals surface area contributed by atoms with Gasteiger partial charge in [-0.2, -0.15) is 0 Å². The third kappa shape index (κ3) is 4.84. The van der Waals surface area contributed by atoms with E-state index in [1.807, 2.05) is 24.3 Å². The summed E-state index contributed by atoms with van der Waals surface area (Å²) in [6.45, 7) is 1.97. The molecule has 1 amide bonds. The highest BCUT2D eigenvalue weighted by molar-refractivity contribution is 7.88. The van der Waals surface area contributed by atoms with Gasteiger partial charge in [0.25, 0.3) is 5.91 Å². The van der Waals surface area contributed by atoms with Crippen molar-refractivity contribution in [3.8, 4) is 11.1 Å². The van der Waals surface area contributed by atoms with Crippen LogP contribution < -0.4 is 0 Å². The van der Waals surface area contributed by atoms with E-state index in [-0.39, 0.29) is 30.5 Å². The number of carbonyl (C=O) groups is 1. The van der Waals surface area contributed by atoms with Crippen LogP contribution in [0.15, 0.2) is 48.5 Å². The number of nitrogens with zero attached hydrogens (tertiary/aromatic N) is 3. The van der Waals surface area contributed by atoms with E-state index in [2.05, 4.69) is 29.2 Å². The van der Waals surface area contributed by atoms with Crippen LogP contribution in [-0.2, 0) is 10.0 Å². The Hall–Kier alpha value is -2.26. The molecule has 2 aliphatic heterocycles. The Bertz CT molecular complexity index is 1080. The van der Waals surface area contributed by atoms with Gasteiger partial charge in [-0.15, -0.1) is 0 Å². The first-order chi connectivity index (χ1) is 15.7. The van der Waals surface area contributed by atoms with Crippen LogP contribution in [0.25, 0.3) is 11.1 Å². The van der Waals surface area contributed by atoms with Crippen LogP contribution in [0.2, 0.25) is 0 Å². The number of sulfonamides is 1. The van der Waals surface area contributed by atoms with E-state index in [0.29, 0.717) is 18.7 Å². The largest absolute Gasteiger partial charge is 0.395 e. The summed E-state index contributed by atoms with van der Waals surface area (Å²) in [6.07, 6.45) is 3.05. The summed E-state index contributed by atoms with van der Waals surface area (Å²) < 4.78 is 26.1. The molecule has 0 spiro atoms. The van der Waals surface area contributed by atoms with Crippen LogP contribution in [0.5, 0.6) is 0 Å². The molecule has 3 atom stereocenters. The van der Waals surface area contributed by atoms with E-state index in [1.54, 1.807) is 23.3 Å². The Kier molecular flexibility index (Phi) is 6.91. The molecule has 0 radical (unpaired) electrons. The fourth-order valence-corrected chi connectivity index (χ4v) is 6.06. The molecule has 0 bridgehead atoms. The molecule has 33 heavy (non-hydrogen) atoms. The maximum absolute atomic E-state index is 12.3. The quantitative estimate of drug-likeness (QED) is 0.723. The van der Waals surface area contributed by atoms with E-state index in [9.17, 15) is 18.3 Å². The Morgan fingerprint density at radius 2 is 1.58 bits per heavy atom. The summed E-state index contributed by atoms with van der Waals surface area (Å²) in [5.41, 5.74) is 3.85. The van der Waals surface area contributed by atoms with Crippen molar-refractivity contribution in [1.82, 2.24) is 14.1 Å². The standard InChI is InChI=1S/C25H33N3O4S/c1-26(2)25(30)21-12-8-19(9-13-21)18-6-10-20(11-7-18)24-22-16-27(33(3,31)32)14-4-5-15-28(22)23(24)17-29/h6-13,22-24,29H,4-5,14-17H2,1-3H3/t22-,23-,24-/m0/s1. The lowest BCUT2D eigenvalue weighted by Gasteiger charge is -2.57. The molecule has 8 heteroatoms. The third-order valence-corrected chi connectivity index (χ3v) is 8.24. The van der Waals surface area contributed by atoms with Crippen LogP contribution in [-0.4, -0.2) is 92.2 Å². The van der Waals surface area contributed by atoms with E-state index in [1.165, 1.54) is 6.26 Å². The first-order valence-corrected chi connectivity index (χ1v) is 13.3. The maximum atomic E-state index is 12.3. The number of aliphatic hydroxyl groups excluding tert-OH is 1. The molecule has 0 saturated carbocycles. The lowest BCUT2D eigenvalue weighted by Crippen LogP contribution is -2.67. The number of aliphatic hydroxyl groups is 1. The van der Waals surface area contributed by atoms with Gasteiger partial charge in [-0.3, -0.25) is 9.69 Å². The molecule has 7 nitrogen and oxygen atoms in total. The molecule has 2 aromatic carbocycles. The molecule has 0 aromatic heterocycles. The Morgan fingerprint density at radius 1 is 1.00 bits per heavy atom. The van der Waals surface area contributed by atoms with Gasteiger partial charge >= 0.3 is 0 Å². The predicted molar refractivity (Wildman–Crippen MR) is 130 cm³/mol. The van der Waals surface area contributed by atoms with Crippen LogP contribution in [0.4, 0.5) is 0 Å². The van der Waals surface area contributed by atoms with E-state index in [0.717, 1.165) is 36.1 Å². The molecule has 2 heterocycles. The lowest BCUT2D eigenvalue weighted by molar-refractivity contribution is -0.0553. The van der Waals surface area contributed by atoms with Crippen LogP contribution in [0.1, 0.15) is 34.7 Å². The predicted octanol–water partition coefficient (Wildman–Crippen LogP) is 2.24. The van der Waals surface area contributed by atoms with Crippen molar-refractivity contribution in [2.24, 2.45) is 0 Å². The SMILES string of the molecule is CN(C)C(=O)c1ccc(-c2ccc([C@@H]3[C@H](CO)N4CCCCN(S(C)(=O)=O)C[C@@H]34)cc2)cc1. The number of rotatable bonds is 5. The topological polar surface area (TPSA) is 81.2 Å². The molecular weight excluding hydrogens is 438 g/mol. The molecule has 1 N–H and O–H groups in total. The molecule has 2 fully saturated rings. The van der Waals surface area contributed by atoms with Crippen LogP contribution >= 0.6 is 0 Å². The number of hydrogen-bond acceptors (Lipinski definition) is 5. The average molecular weight is 472 g/mol. The number of hydrogen-bond donors (Lipinski definition) is 1. The number of benzene rings is 2. The first-order valence-electron chi connectivity index (χ1n) is 11.4. The van der Waals surface area contributed by atoms with Crippen molar-refractivity contribution >= 4 is 15.9 Å². The number of fused-ring (bicyclic) bond motifs is 1. The minimum Gasteiger partial charge on any atom is -0.395 e. The van der Waals surface area contributed by atoms with Crippen molar-refractivity contribution in [3.63, 3.8) is 0 Å². The van der Waals surface area contributed by atoms with Gasteiger partial charge in [0.2, 0.25) is 10.0 Å². The van der Waals surface area contributed by atoms with Gasteiger partial charge in [-0.25, -0.2) is 12.7 Å². The van der Waals surface area contributed by atoms with Gasteiger partial charge < -0.3 is 10.0 Å². The molecule has 4 rings (SSSR count). The van der Waals surface area contributed by atoms with E-state index < -0.39 is 10.0 Å². The highest BCUT2D eigenvalue weighted by Gasteiger charge is 2.49. The van der Waals surface area contributed by atoms with Crippen molar-refractivity contribution in [2.75, 3.05) is 46.6 Å². The Morgan fingerprint density at radius 3 is 2.12 bits per heavy atom. The monoisotopic (exact) mass is 471 g/mol. The zero-order valence-corrected chi connectivity index (χ0v) is 20.3. The minimum atomic E-state index is -3.26. The van der Waals surface area contributed by atoms with Gasteiger partial charge in [0.15, 0.2) is 0 Å². The highest BCUT2D eigenvalue weighted by atomic mass is 32.2. The second-order valence-corrected chi connectivity index (χ2v) is 11.3. The number of amides is 1. The summed E-state index contributed by atoms with van der Waals surface area (Å²) in [4.78, 5) is 16.0. The van der Waals surface area contributed by atoms with Crippen molar-refractivity contribution < 1.29 is 18.3 Å². The Labute approximate surface area is 196 Å². The zero-order chi connectivity index (χ0) is 23.8. The summed E-state index contributed by atoms with van der Waals surface area (Å²) in [5.74, 6) is 0.0651.